The van der Waals surface area contributed by atoms with Crippen molar-refractivity contribution in [3.8, 4) is 0 Å². The second kappa shape index (κ2) is 6.04. The highest BCUT2D eigenvalue weighted by molar-refractivity contribution is 5.57. The molecule has 0 radical (unpaired) electrons. The summed E-state index contributed by atoms with van der Waals surface area (Å²) in [5.74, 6) is 0. The van der Waals surface area contributed by atoms with E-state index in [1.807, 2.05) is 6.92 Å². The molecule has 1 aromatic rings. The van der Waals surface area contributed by atoms with E-state index in [1.54, 1.807) is 24.1 Å². The molecule has 1 aliphatic carbocycles. The number of nitrogens with zero attached hydrogens (tertiary/aromatic N) is 1. The molecule has 2 rings (SSSR count). The molecule has 0 unspecified atom stereocenters. The number of rotatable bonds is 6. The molecule has 0 atom stereocenters. The SMILES string of the molecule is CCCNCc1ccc(N(C)C2CC2)c(C(F)(F)F)c1. The van der Waals surface area contributed by atoms with Gasteiger partial charge in [0.05, 0.1) is 5.56 Å². The van der Waals surface area contributed by atoms with Crippen molar-refractivity contribution in [2.75, 3.05) is 18.5 Å². The maximum atomic E-state index is 13.2. The van der Waals surface area contributed by atoms with Crippen LogP contribution in [0.3, 0.4) is 0 Å². The molecule has 1 saturated carbocycles. The highest BCUT2D eigenvalue weighted by Crippen LogP contribution is 2.40. The fourth-order valence-corrected chi connectivity index (χ4v) is 2.30. The molecule has 0 aromatic heterocycles. The molecule has 1 N–H and O–H groups in total. The summed E-state index contributed by atoms with van der Waals surface area (Å²) in [5, 5.41) is 3.13. The summed E-state index contributed by atoms with van der Waals surface area (Å²) in [6, 6.07) is 4.92. The van der Waals surface area contributed by atoms with Gasteiger partial charge < -0.3 is 10.2 Å². The molecular weight excluding hydrogens is 265 g/mol. The Bertz CT molecular complexity index is 453. The summed E-state index contributed by atoms with van der Waals surface area (Å²) in [4.78, 5) is 1.76. The van der Waals surface area contributed by atoms with Gasteiger partial charge in [-0.2, -0.15) is 13.2 Å². The lowest BCUT2D eigenvalue weighted by atomic mass is 10.1. The van der Waals surface area contributed by atoms with Crippen LogP contribution in [0.25, 0.3) is 0 Å². The Hall–Kier alpha value is -1.23. The predicted molar refractivity (Wildman–Crippen MR) is 74.9 cm³/mol. The first-order chi connectivity index (χ1) is 9.43. The van der Waals surface area contributed by atoms with E-state index in [-0.39, 0.29) is 6.04 Å². The van der Waals surface area contributed by atoms with Crippen LogP contribution in [0.1, 0.15) is 37.3 Å². The van der Waals surface area contributed by atoms with E-state index in [0.29, 0.717) is 17.8 Å². The Morgan fingerprint density at radius 1 is 1.30 bits per heavy atom. The Kier molecular flexibility index (Phi) is 4.58. The summed E-state index contributed by atoms with van der Waals surface area (Å²) in [6.45, 7) is 3.32. The summed E-state index contributed by atoms with van der Waals surface area (Å²) < 4.78 is 39.6. The van der Waals surface area contributed by atoms with Crippen molar-refractivity contribution in [3.63, 3.8) is 0 Å². The smallest absolute Gasteiger partial charge is 0.371 e. The normalized spacial score (nSPS) is 15.4. The molecule has 0 amide bonds. The molecule has 20 heavy (non-hydrogen) atoms. The fraction of sp³-hybridized carbons (Fsp3) is 0.600. The van der Waals surface area contributed by atoms with E-state index in [4.69, 9.17) is 0 Å². The van der Waals surface area contributed by atoms with Crippen LogP contribution in [-0.4, -0.2) is 19.6 Å². The zero-order valence-corrected chi connectivity index (χ0v) is 11.9. The quantitative estimate of drug-likeness (QED) is 0.800. The summed E-state index contributed by atoms with van der Waals surface area (Å²) in [5.41, 5.74) is 0.445. The van der Waals surface area contributed by atoms with Crippen molar-refractivity contribution in [2.45, 2.75) is 44.9 Å². The summed E-state index contributed by atoms with van der Waals surface area (Å²) in [6.07, 6.45) is -1.38. The Morgan fingerprint density at radius 3 is 2.55 bits per heavy atom. The zero-order valence-electron chi connectivity index (χ0n) is 11.9. The molecule has 1 aliphatic rings. The third-order valence-electron chi connectivity index (χ3n) is 3.60. The number of benzene rings is 1. The van der Waals surface area contributed by atoms with Crippen molar-refractivity contribution in [1.82, 2.24) is 5.32 Å². The van der Waals surface area contributed by atoms with Crippen LogP contribution in [0, 0.1) is 0 Å². The Balaban J connectivity index is 2.23. The van der Waals surface area contributed by atoms with E-state index in [2.05, 4.69) is 5.32 Å². The molecule has 1 aromatic carbocycles. The minimum atomic E-state index is -4.31. The molecule has 112 valence electrons. The van der Waals surface area contributed by atoms with Gasteiger partial charge in [-0.1, -0.05) is 13.0 Å². The zero-order chi connectivity index (χ0) is 14.8. The van der Waals surface area contributed by atoms with Crippen LogP contribution < -0.4 is 10.2 Å². The maximum Gasteiger partial charge on any atom is 0.418 e. The minimum absolute atomic E-state index is 0.264. The number of hydrogen-bond donors (Lipinski definition) is 1. The van der Waals surface area contributed by atoms with Gasteiger partial charge in [-0.3, -0.25) is 0 Å². The van der Waals surface area contributed by atoms with E-state index < -0.39 is 11.7 Å². The number of hydrogen-bond acceptors (Lipinski definition) is 2. The lowest BCUT2D eigenvalue weighted by molar-refractivity contribution is -0.137. The van der Waals surface area contributed by atoms with Gasteiger partial charge in [-0.15, -0.1) is 0 Å². The van der Waals surface area contributed by atoms with Gasteiger partial charge in [-0.05, 0) is 43.5 Å². The van der Waals surface area contributed by atoms with E-state index >= 15 is 0 Å². The van der Waals surface area contributed by atoms with Crippen LogP contribution in [0.5, 0.6) is 0 Å². The van der Waals surface area contributed by atoms with E-state index in [0.717, 1.165) is 25.8 Å². The highest BCUT2D eigenvalue weighted by atomic mass is 19.4. The first-order valence-corrected chi connectivity index (χ1v) is 7.07. The van der Waals surface area contributed by atoms with Gasteiger partial charge in [0.15, 0.2) is 0 Å². The third kappa shape index (κ3) is 3.66. The first-order valence-electron chi connectivity index (χ1n) is 7.07. The van der Waals surface area contributed by atoms with Gasteiger partial charge in [0.2, 0.25) is 0 Å². The number of alkyl halides is 3. The van der Waals surface area contributed by atoms with Crippen LogP contribution in [0.4, 0.5) is 18.9 Å². The monoisotopic (exact) mass is 286 g/mol. The molecular formula is C15H21F3N2. The second-order valence-electron chi connectivity index (χ2n) is 5.37. The lowest BCUT2D eigenvalue weighted by Crippen LogP contribution is -2.24. The number of anilines is 1. The van der Waals surface area contributed by atoms with Crippen LogP contribution in [-0.2, 0) is 12.7 Å². The van der Waals surface area contributed by atoms with Crippen molar-refractivity contribution in [2.24, 2.45) is 0 Å². The van der Waals surface area contributed by atoms with Gasteiger partial charge in [0, 0.05) is 25.3 Å². The van der Waals surface area contributed by atoms with Gasteiger partial charge in [-0.25, -0.2) is 0 Å². The topological polar surface area (TPSA) is 15.3 Å². The van der Waals surface area contributed by atoms with Crippen molar-refractivity contribution < 1.29 is 13.2 Å². The molecule has 0 saturated heterocycles. The highest BCUT2D eigenvalue weighted by Gasteiger charge is 2.37. The second-order valence-corrected chi connectivity index (χ2v) is 5.37. The summed E-state index contributed by atoms with van der Waals surface area (Å²) in [7, 11) is 1.75. The van der Waals surface area contributed by atoms with Gasteiger partial charge in [0.1, 0.15) is 0 Å². The molecule has 1 fully saturated rings. The van der Waals surface area contributed by atoms with Crippen molar-refractivity contribution >= 4 is 5.69 Å². The van der Waals surface area contributed by atoms with Crippen LogP contribution in [0.2, 0.25) is 0 Å². The average molecular weight is 286 g/mol. The largest absolute Gasteiger partial charge is 0.418 e. The molecule has 0 aliphatic heterocycles. The Labute approximate surface area is 118 Å². The standard InChI is InChI=1S/C15H21F3N2/c1-3-8-19-10-11-4-7-14(20(2)12-5-6-12)13(9-11)15(16,17)18/h4,7,9,12,19H,3,5-6,8,10H2,1-2H3. The third-order valence-corrected chi connectivity index (χ3v) is 3.60. The summed E-state index contributed by atoms with van der Waals surface area (Å²) >= 11 is 0. The predicted octanol–water partition coefficient (Wildman–Crippen LogP) is 3.80. The van der Waals surface area contributed by atoms with E-state index in [9.17, 15) is 13.2 Å². The Morgan fingerprint density at radius 2 is 2.00 bits per heavy atom. The first kappa shape index (κ1) is 15.2. The van der Waals surface area contributed by atoms with Gasteiger partial charge >= 0.3 is 6.18 Å². The number of nitrogens with one attached hydrogen (secondary N) is 1. The molecule has 0 heterocycles. The molecule has 2 nitrogen and oxygen atoms in total. The average Bonchev–Trinajstić information content (AvgIpc) is 3.21. The van der Waals surface area contributed by atoms with Crippen molar-refractivity contribution in [3.05, 3.63) is 29.3 Å². The molecule has 0 bridgehead atoms. The van der Waals surface area contributed by atoms with Gasteiger partial charge in [0.25, 0.3) is 0 Å². The maximum absolute atomic E-state index is 13.2. The van der Waals surface area contributed by atoms with E-state index in [1.165, 1.54) is 6.07 Å². The van der Waals surface area contributed by atoms with Crippen molar-refractivity contribution in [1.29, 1.82) is 0 Å². The fourth-order valence-electron chi connectivity index (χ4n) is 2.30. The molecule has 0 spiro atoms. The molecule has 5 heteroatoms. The van der Waals surface area contributed by atoms with Crippen LogP contribution >= 0.6 is 0 Å². The van der Waals surface area contributed by atoms with Crippen LogP contribution in [0.15, 0.2) is 18.2 Å². The number of halogens is 3. The lowest BCUT2D eigenvalue weighted by Gasteiger charge is -2.24. The minimum Gasteiger partial charge on any atom is -0.371 e.